The fraction of sp³-hybridized carbons (Fsp3) is 0.560. The first kappa shape index (κ1) is 22.7. The maximum atomic E-state index is 6.21. The highest BCUT2D eigenvalue weighted by atomic mass is 35.5. The van der Waals surface area contributed by atoms with E-state index in [1.807, 2.05) is 24.4 Å². The number of hydrogen-bond acceptors (Lipinski definition) is 2. The molecule has 0 aliphatic heterocycles. The van der Waals surface area contributed by atoms with Gasteiger partial charge >= 0.3 is 0 Å². The zero-order chi connectivity index (χ0) is 20.0. The number of pyridine rings is 1. The number of para-hydroxylation sites is 1. The van der Waals surface area contributed by atoms with Crippen LogP contribution in [0, 0.1) is 0 Å². The van der Waals surface area contributed by atoms with Crippen molar-refractivity contribution in [2.75, 3.05) is 6.61 Å². The van der Waals surface area contributed by atoms with Crippen LogP contribution in [0.2, 0.25) is 0 Å². The van der Waals surface area contributed by atoms with E-state index in [0.29, 0.717) is 6.61 Å². The molecule has 3 heteroatoms. The van der Waals surface area contributed by atoms with Crippen LogP contribution in [0.4, 0.5) is 0 Å². The first-order chi connectivity index (χ1) is 13.7. The molecule has 1 aromatic heterocycles. The molecule has 0 fully saturated rings. The third kappa shape index (κ3) is 8.22. The van der Waals surface area contributed by atoms with E-state index in [4.69, 9.17) is 16.3 Å². The molecule has 0 amide bonds. The van der Waals surface area contributed by atoms with Gasteiger partial charge in [-0.15, -0.1) is 11.6 Å². The molecule has 0 spiro atoms. The van der Waals surface area contributed by atoms with Crippen LogP contribution >= 0.6 is 11.6 Å². The molecule has 2 rings (SSSR count). The van der Waals surface area contributed by atoms with E-state index in [1.165, 1.54) is 50.5 Å². The molecule has 0 saturated carbocycles. The van der Waals surface area contributed by atoms with E-state index < -0.39 is 0 Å². The van der Waals surface area contributed by atoms with Crippen LogP contribution < -0.4 is 4.74 Å². The second kappa shape index (κ2) is 13.6. The van der Waals surface area contributed by atoms with Gasteiger partial charge in [-0.2, -0.15) is 0 Å². The molecular weight excluding hydrogens is 366 g/mol. The lowest BCUT2D eigenvalue weighted by atomic mass is 10.0. The number of hydrogen-bond donors (Lipinski definition) is 0. The molecule has 1 atom stereocenters. The minimum Gasteiger partial charge on any atom is -0.493 e. The van der Waals surface area contributed by atoms with Gasteiger partial charge in [0.05, 0.1) is 12.3 Å². The second-order valence-electron chi connectivity index (χ2n) is 7.56. The van der Waals surface area contributed by atoms with Gasteiger partial charge in [-0.25, -0.2) is 0 Å². The molecular formula is C25H36ClNO. The maximum absolute atomic E-state index is 6.21. The maximum Gasteiger partial charge on any atom is 0.128 e. The Hall–Kier alpha value is -1.54. The number of nitrogens with zero attached hydrogens (tertiary/aromatic N) is 1. The van der Waals surface area contributed by atoms with Crippen molar-refractivity contribution in [1.29, 1.82) is 0 Å². The van der Waals surface area contributed by atoms with E-state index in [-0.39, 0.29) is 5.38 Å². The summed E-state index contributed by atoms with van der Waals surface area (Å²) in [5, 5.41) is 0.176. The molecule has 28 heavy (non-hydrogen) atoms. The van der Waals surface area contributed by atoms with Gasteiger partial charge in [0, 0.05) is 17.1 Å². The van der Waals surface area contributed by atoms with Gasteiger partial charge < -0.3 is 4.74 Å². The number of halogens is 1. The van der Waals surface area contributed by atoms with Crippen LogP contribution in [0.1, 0.15) is 77.2 Å². The number of aromatic nitrogens is 1. The van der Waals surface area contributed by atoms with Crippen LogP contribution in [0.15, 0.2) is 42.6 Å². The molecule has 0 saturated heterocycles. The first-order valence-corrected chi connectivity index (χ1v) is 11.5. The fourth-order valence-electron chi connectivity index (χ4n) is 3.37. The number of alkyl halides is 1. The molecule has 0 bridgehead atoms. The van der Waals surface area contributed by atoms with Crippen molar-refractivity contribution in [2.24, 2.45) is 0 Å². The SMILES string of the molecule is CCCCCCCCCc1ccnc(-c2ccccc2OCCC(Cl)CC)c1. The zero-order valence-electron chi connectivity index (χ0n) is 17.6. The van der Waals surface area contributed by atoms with Crippen molar-refractivity contribution < 1.29 is 4.74 Å². The Kier molecular flexibility index (Phi) is 11.1. The van der Waals surface area contributed by atoms with Crippen molar-refractivity contribution in [3.05, 3.63) is 48.2 Å². The average molecular weight is 402 g/mol. The van der Waals surface area contributed by atoms with E-state index in [9.17, 15) is 0 Å². The molecule has 0 N–H and O–H groups in total. The van der Waals surface area contributed by atoms with Crippen LogP contribution in [-0.2, 0) is 6.42 Å². The Morgan fingerprint density at radius 2 is 1.71 bits per heavy atom. The van der Waals surface area contributed by atoms with Crippen molar-refractivity contribution in [2.45, 2.75) is 83.4 Å². The van der Waals surface area contributed by atoms with Gasteiger partial charge in [-0.05, 0) is 55.5 Å². The highest BCUT2D eigenvalue weighted by molar-refractivity contribution is 6.20. The van der Waals surface area contributed by atoms with Gasteiger partial charge in [0.25, 0.3) is 0 Å². The van der Waals surface area contributed by atoms with Gasteiger partial charge in [-0.3, -0.25) is 4.98 Å². The molecule has 1 heterocycles. The molecule has 1 aromatic carbocycles. The molecule has 1 unspecified atom stereocenters. The highest BCUT2D eigenvalue weighted by Gasteiger charge is 2.09. The van der Waals surface area contributed by atoms with E-state index in [1.54, 1.807) is 0 Å². The molecule has 154 valence electrons. The summed E-state index contributed by atoms with van der Waals surface area (Å²) in [4.78, 5) is 4.60. The standard InChI is InChI=1S/C25H36ClNO/c1-3-5-6-7-8-9-10-13-21-16-18-27-24(20-21)23-14-11-12-15-25(23)28-19-17-22(26)4-2/h11-12,14-16,18,20,22H,3-10,13,17,19H2,1-2H3. The summed E-state index contributed by atoms with van der Waals surface area (Å²) in [5.74, 6) is 0.892. The third-order valence-corrected chi connectivity index (χ3v) is 5.71. The summed E-state index contributed by atoms with van der Waals surface area (Å²) in [5.41, 5.74) is 3.42. The molecule has 0 aliphatic carbocycles. The smallest absolute Gasteiger partial charge is 0.128 e. The van der Waals surface area contributed by atoms with Crippen LogP contribution in [-0.4, -0.2) is 17.0 Å². The average Bonchev–Trinajstić information content (AvgIpc) is 2.73. The van der Waals surface area contributed by atoms with Crippen molar-refractivity contribution in [3.63, 3.8) is 0 Å². The normalized spacial score (nSPS) is 12.1. The van der Waals surface area contributed by atoms with Crippen LogP contribution in [0.25, 0.3) is 11.3 Å². The lowest BCUT2D eigenvalue weighted by Gasteiger charge is -2.13. The van der Waals surface area contributed by atoms with Crippen molar-refractivity contribution in [1.82, 2.24) is 4.98 Å². The minimum atomic E-state index is 0.176. The predicted octanol–water partition coefficient (Wildman–Crippen LogP) is 7.83. The Balaban J connectivity index is 1.90. The van der Waals surface area contributed by atoms with E-state index in [0.717, 1.165) is 36.3 Å². The lowest BCUT2D eigenvalue weighted by Crippen LogP contribution is -2.06. The first-order valence-electron chi connectivity index (χ1n) is 11.1. The zero-order valence-corrected chi connectivity index (χ0v) is 18.4. The Morgan fingerprint density at radius 1 is 0.964 bits per heavy atom. The van der Waals surface area contributed by atoms with Gasteiger partial charge in [0.2, 0.25) is 0 Å². The van der Waals surface area contributed by atoms with Gasteiger partial charge in [0.15, 0.2) is 0 Å². The molecule has 2 aromatic rings. The summed E-state index contributed by atoms with van der Waals surface area (Å²) >= 11 is 6.21. The lowest BCUT2D eigenvalue weighted by molar-refractivity contribution is 0.309. The predicted molar refractivity (Wildman–Crippen MR) is 121 cm³/mol. The Morgan fingerprint density at radius 3 is 2.50 bits per heavy atom. The van der Waals surface area contributed by atoms with E-state index >= 15 is 0 Å². The largest absolute Gasteiger partial charge is 0.493 e. The van der Waals surface area contributed by atoms with E-state index in [2.05, 4.69) is 37.0 Å². The minimum absolute atomic E-state index is 0.176. The quantitative estimate of drug-likeness (QED) is 0.237. The molecule has 0 aliphatic rings. The Bertz CT molecular complexity index is 673. The number of unbranched alkanes of at least 4 members (excludes halogenated alkanes) is 6. The summed E-state index contributed by atoms with van der Waals surface area (Å²) in [6.07, 6.45) is 14.2. The van der Waals surface area contributed by atoms with Crippen molar-refractivity contribution in [3.8, 4) is 17.0 Å². The van der Waals surface area contributed by atoms with Gasteiger partial charge in [-0.1, -0.05) is 64.5 Å². The Labute approximate surface area is 176 Å². The van der Waals surface area contributed by atoms with Crippen LogP contribution in [0.3, 0.4) is 0 Å². The summed E-state index contributed by atoms with van der Waals surface area (Å²) in [7, 11) is 0. The summed E-state index contributed by atoms with van der Waals surface area (Å²) in [6, 6.07) is 12.5. The van der Waals surface area contributed by atoms with Crippen LogP contribution in [0.5, 0.6) is 5.75 Å². The van der Waals surface area contributed by atoms with Crippen molar-refractivity contribution >= 4 is 11.6 Å². The monoisotopic (exact) mass is 401 g/mol. The molecule has 2 nitrogen and oxygen atoms in total. The topological polar surface area (TPSA) is 22.1 Å². The summed E-state index contributed by atoms with van der Waals surface area (Å²) in [6.45, 7) is 5.01. The fourth-order valence-corrected chi connectivity index (χ4v) is 3.46. The van der Waals surface area contributed by atoms with Gasteiger partial charge in [0.1, 0.15) is 5.75 Å². The summed E-state index contributed by atoms with van der Waals surface area (Å²) < 4.78 is 6.02. The molecule has 0 radical (unpaired) electrons. The number of ether oxygens (including phenoxy) is 1. The second-order valence-corrected chi connectivity index (χ2v) is 8.18. The number of benzene rings is 1. The number of rotatable bonds is 14. The highest BCUT2D eigenvalue weighted by Crippen LogP contribution is 2.29. The number of aryl methyl sites for hydroxylation is 1. The third-order valence-electron chi connectivity index (χ3n) is 5.19.